The minimum Gasteiger partial charge on any atom is -0.463 e. The number of hydrogen-bond donors (Lipinski definition) is 0. The molecule has 0 aliphatic heterocycles. The smallest absolute Gasteiger partial charge is 0.302 e. The van der Waals surface area contributed by atoms with Crippen molar-refractivity contribution in [2.75, 3.05) is 5.33 Å². The van der Waals surface area contributed by atoms with Crippen molar-refractivity contribution < 1.29 is 14.3 Å². The van der Waals surface area contributed by atoms with Crippen molar-refractivity contribution in [2.45, 2.75) is 89.0 Å². The van der Waals surface area contributed by atoms with Crippen molar-refractivity contribution in [1.29, 1.82) is 0 Å². The summed E-state index contributed by atoms with van der Waals surface area (Å²) < 4.78 is 5.24. The molecule has 4 aliphatic rings. The number of hydrogen-bond acceptors (Lipinski definition) is 3. The van der Waals surface area contributed by atoms with Gasteiger partial charge in [-0.25, -0.2) is 0 Å². The van der Waals surface area contributed by atoms with E-state index in [0.29, 0.717) is 28.4 Å². The number of alkyl halides is 2. The van der Waals surface area contributed by atoms with Crippen LogP contribution in [0.2, 0.25) is 0 Å². The van der Waals surface area contributed by atoms with E-state index in [-0.39, 0.29) is 21.8 Å². The Morgan fingerprint density at radius 2 is 1.71 bits per heavy atom. The van der Waals surface area contributed by atoms with Gasteiger partial charge in [0.25, 0.3) is 0 Å². The number of rotatable bonds is 3. The molecule has 0 heterocycles. The third-order valence-corrected chi connectivity index (χ3v) is 11.9. The van der Waals surface area contributed by atoms with Crippen molar-refractivity contribution in [3.8, 4) is 0 Å². The van der Waals surface area contributed by atoms with Gasteiger partial charge in [-0.05, 0) is 92.3 Å². The van der Waals surface area contributed by atoms with Gasteiger partial charge in [0.1, 0.15) is 6.10 Å². The first-order valence-corrected chi connectivity index (χ1v) is 13.0. The van der Waals surface area contributed by atoms with Crippen LogP contribution >= 0.6 is 31.9 Å². The predicted molar refractivity (Wildman–Crippen MR) is 118 cm³/mol. The zero-order chi connectivity index (χ0) is 20.3. The normalized spacial score (nSPS) is 50.2. The molecule has 0 amide bonds. The van der Waals surface area contributed by atoms with E-state index in [9.17, 15) is 9.59 Å². The van der Waals surface area contributed by atoms with Crippen molar-refractivity contribution in [3.63, 3.8) is 0 Å². The van der Waals surface area contributed by atoms with Gasteiger partial charge in [-0.1, -0.05) is 45.7 Å². The highest BCUT2D eigenvalue weighted by atomic mass is 79.9. The Balaban J connectivity index is 1.56. The second-order valence-electron chi connectivity index (χ2n) is 10.5. The number of esters is 1. The third kappa shape index (κ3) is 2.99. The molecule has 8 atom stereocenters. The first-order valence-electron chi connectivity index (χ1n) is 11.1. The largest absolute Gasteiger partial charge is 0.463 e. The average molecular weight is 518 g/mol. The first-order chi connectivity index (χ1) is 13.2. The molecule has 0 aromatic rings. The van der Waals surface area contributed by atoms with Crippen molar-refractivity contribution in [2.24, 2.45) is 34.5 Å². The van der Waals surface area contributed by atoms with Gasteiger partial charge in [0.05, 0.1) is 9.65 Å². The molecule has 0 radical (unpaired) electrons. The number of carbonyl (C=O) groups excluding carboxylic acids is 2. The van der Waals surface area contributed by atoms with Crippen LogP contribution in [0, 0.1) is 34.5 Å². The molecule has 5 heteroatoms. The minimum atomic E-state index is -0.343. The Bertz CT molecular complexity index is 666. The Morgan fingerprint density at radius 1 is 1.00 bits per heavy atom. The Hall–Kier alpha value is 0.1000. The SMILES string of the molecule is CC(=O)O[C@@H]1CC[C@@]2(C)C(CC[C@@H]3[C@@H]2CC[C@@]2(C)[C@H]3CC[C@]2(Br)C(=O)CBr)C1. The molecule has 4 rings (SSSR count). The lowest BCUT2D eigenvalue weighted by Gasteiger charge is -2.61. The van der Waals surface area contributed by atoms with Crippen LogP contribution in [-0.2, 0) is 14.3 Å². The van der Waals surface area contributed by atoms with Crippen LogP contribution in [0.4, 0.5) is 0 Å². The maximum Gasteiger partial charge on any atom is 0.302 e. The van der Waals surface area contributed by atoms with Gasteiger partial charge < -0.3 is 4.74 Å². The van der Waals surface area contributed by atoms with Crippen LogP contribution in [-0.4, -0.2) is 27.5 Å². The topological polar surface area (TPSA) is 43.4 Å². The van der Waals surface area contributed by atoms with Crippen LogP contribution in [0.15, 0.2) is 0 Å². The molecule has 0 bridgehead atoms. The lowest BCUT2D eigenvalue weighted by atomic mass is 9.44. The second kappa shape index (κ2) is 7.35. The molecule has 0 saturated heterocycles. The van der Waals surface area contributed by atoms with Crippen LogP contribution < -0.4 is 0 Å². The Morgan fingerprint density at radius 3 is 2.39 bits per heavy atom. The first kappa shape index (κ1) is 21.3. The Labute approximate surface area is 186 Å². The number of Topliss-reactive ketones (excluding diaryl/α,β-unsaturated/α-hetero) is 1. The molecule has 28 heavy (non-hydrogen) atoms. The maximum atomic E-state index is 12.8. The summed E-state index contributed by atoms with van der Waals surface area (Å²) in [4.78, 5) is 24.3. The van der Waals surface area contributed by atoms with E-state index >= 15 is 0 Å². The molecule has 0 spiro atoms. The molecule has 4 saturated carbocycles. The third-order valence-electron chi connectivity index (χ3n) is 9.61. The summed E-state index contributed by atoms with van der Waals surface area (Å²) in [6, 6.07) is 0. The number of ketones is 1. The molecule has 1 unspecified atom stereocenters. The highest BCUT2D eigenvalue weighted by molar-refractivity contribution is 9.11. The average Bonchev–Trinajstić information content (AvgIpc) is 2.93. The summed E-state index contributed by atoms with van der Waals surface area (Å²) >= 11 is 7.40. The molecule has 158 valence electrons. The highest BCUT2D eigenvalue weighted by Crippen LogP contribution is 2.70. The fourth-order valence-electron chi connectivity index (χ4n) is 8.11. The van der Waals surface area contributed by atoms with Crippen molar-refractivity contribution in [1.82, 2.24) is 0 Å². The van der Waals surface area contributed by atoms with Crippen molar-refractivity contribution in [3.05, 3.63) is 0 Å². The molecule has 0 aromatic heterocycles. The maximum absolute atomic E-state index is 12.8. The van der Waals surface area contributed by atoms with Crippen LogP contribution in [0.3, 0.4) is 0 Å². The van der Waals surface area contributed by atoms with Gasteiger partial charge in [0.2, 0.25) is 0 Å². The van der Waals surface area contributed by atoms with Crippen LogP contribution in [0.25, 0.3) is 0 Å². The van der Waals surface area contributed by atoms with E-state index in [2.05, 4.69) is 45.7 Å². The summed E-state index contributed by atoms with van der Waals surface area (Å²) in [7, 11) is 0. The summed E-state index contributed by atoms with van der Waals surface area (Å²) in [5.74, 6) is 3.03. The molecule has 0 N–H and O–H groups in total. The zero-order valence-corrected chi connectivity index (χ0v) is 20.6. The van der Waals surface area contributed by atoms with Crippen LogP contribution in [0.1, 0.15) is 78.6 Å². The quantitative estimate of drug-likeness (QED) is 0.337. The zero-order valence-electron chi connectivity index (χ0n) is 17.4. The summed E-state index contributed by atoms with van der Waals surface area (Å²) in [6.45, 7) is 6.46. The number of halogens is 2. The van der Waals surface area contributed by atoms with Crippen LogP contribution in [0.5, 0.6) is 0 Å². The monoisotopic (exact) mass is 516 g/mol. The summed E-state index contributed by atoms with van der Waals surface area (Å²) in [5, 5.41) is 0.450. The predicted octanol–water partition coefficient (Wildman–Crippen LogP) is 6.06. The lowest BCUT2D eigenvalue weighted by molar-refractivity contribution is -0.160. The fraction of sp³-hybridized carbons (Fsp3) is 0.913. The summed E-state index contributed by atoms with van der Waals surface area (Å²) in [6.07, 6.45) is 10.5. The number of fused-ring (bicyclic) bond motifs is 5. The molecule has 4 fully saturated rings. The van der Waals surface area contributed by atoms with Gasteiger partial charge in [-0.3, -0.25) is 9.59 Å². The molecule has 4 aliphatic carbocycles. The highest BCUT2D eigenvalue weighted by Gasteiger charge is 2.66. The van der Waals surface area contributed by atoms with Gasteiger partial charge >= 0.3 is 5.97 Å². The second-order valence-corrected chi connectivity index (χ2v) is 12.4. The van der Waals surface area contributed by atoms with E-state index < -0.39 is 0 Å². The number of carbonyl (C=O) groups is 2. The van der Waals surface area contributed by atoms with E-state index in [0.717, 1.165) is 37.5 Å². The molecular formula is C23H34Br2O3. The molecule has 0 aromatic carbocycles. The molecule has 3 nitrogen and oxygen atoms in total. The van der Waals surface area contributed by atoms with E-state index in [1.807, 2.05) is 0 Å². The standard InChI is InChI=1S/C23H34Br2O3/c1-14(26)28-16-6-9-21(2)15(12-16)4-5-17-18(21)7-10-22(3)19(17)8-11-23(22,25)20(27)13-24/h15-19H,4-13H2,1-3H3/t15?,16-,17-,18+,19+,21+,22+,23+/m1/s1. The van der Waals surface area contributed by atoms with E-state index in [1.165, 1.54) is 39.0 Å². The number of ether oxygens (including phenoxy) is 1. The fourth-order valence-corrected chi connectivity index (χ4v) is 9.83. The van der Waals surface area contributed by atoms with E-state index in [4.69, 9.17) is 4.74 Å². The van der Waals surface area contributed by atoms with Crippen molar-refractivity contribution >= 4 is 43.6 Å². The van der Waals surface area contributed by atoms with Gasteiger partial charge in [-0.2, -0.15) is 0 Å². The lowest BCUT2D eigenvalue weighted by Crippen LogP contribution is -2.57. The molecular weight excluding hydrogens is 484 g/mol. The van der Waals surface area contributed by atoms with Gasteiger partial charge in [0.15, 0.2) is 5.78 Å². The van der Waals surface area contributed by atoms with Gasteiger partial charge in [-0.15, -0.1) is 0 Å². The minimum absolute atomic E-state index is 0.0805. The Kier molecular flexibility index (Phi) is 5.60. The summed E-state index contributed by atoms with van der Waals surface area (Å²) in [5.41, 5.74) is 0.453. The van der Waals surface area contributed by atoms with Gasteiger partial charge in [0, 0.05) is 6.92 Å². The van der Waals surface area contributed by atoms with E-state index in [1.54, 1.807) is 0 Å².